The Balaban J connectivity index is 1.54. The maximum Gasteiger partial charge on any atom is 0.234 e. The molecule has 0 atom stereocenters. The van der Waals surface area contributed by atoms with Gasteiger partial charge in [-0.1, -0.05) is 23.4 Å². The summed E-state index contributed by atoms with van der Waals surface area (Å²) in [6.45, 7) is 5.62. The first-order valence-corrected chi connectivity index (χ1v) is 10.9. The summed E-state index contributed by atoms with van der Waals surface area (Å²) in [6, 6.07) is 10.5. The van der Waals surface area contributed by atoms with E-state index in [0.29, 0.717) is 28.0 Å². The average Bonchev–Trinajstić information content (AvgIpc) is 3.08. The third-order valence-electron chi connectivity index (χ3n) is 4.61. The molecule has 2 aromatic carbocycles. The highest BCUT2D eigenvalue weighted by atomic mass is 35.5. The molecule has 0 saturated carbocycles. The smallest absolute Gasteiger partial charge is 0.234 e. The third-order valence-corrected chi connectivity index (χ3v) is 6.23. The van der Waals surface area contributed by atoms with Crippen LogP contribution in [0.1, 0.15) is 34.2 Å². The van der Waals surface area contributed by atoms with E-state index in [1.165, 1.54) is 18.7 Å². The number of anilines is 1. The first kappa shape index (κ1) is 22.8. The van der Waals surface area contributed by atoms with E-state index in [4.69, 9.17) is 16.3 Å². The zero-order valence-corrected chi connectivity index (χ0v) is 19.3. The molecule has 3 aromatic rings. The number of carbonyl (C=O) groups is 2. The second-order valence-corrected chi connectivity index (χ2v) is 8.41. The topological polar surface area (TPSA) is 86.1 Å². The highest BCUT2D eigenvalue weighted by Crippen LogP contribution is 2.26. The molecule has 0 aliphatic heterocycles. The van der Waals surface area contributed by atoms with E-state index < -0.39 is 0 Å². The predicted molar refractivity (Wildman–Crippen MR) is 122 cm³/mol. The summed E-state index contributed by atoms with van der Waals surface area (Å²) in [4.78, 5) is 23.6. The van der Waals surface area contributed by atoms with Gasteiger partial charge in [0.2, 0.25) is 5.91 Å². The molecule has 162 valence electrons. The summed E-state index contributed by atoms with van der Waals surface area (Å²) in [5.74, 6) is 1.35. The Hall–Kier alpha value is -2.84. The van der Waals surface area contributed by atoms with Crippen LogP contribution in [0.15, 0.2) is 41.6 Å². The molecule has 0 saturated heterocycles. The van der Waals surface area contributed by atoms with Crippen molar-refractivity contribution in [2.24, 2.45) is 7.05 Å². The van der Waals surface area contributed by atoms with Crippen molar-refractivity contribution in [3.8, 4) is 5.75 Å². The van der Waals surface area contributed by atoms with Gasteiger partial charge >= 0.3 is 0 Å². The molecule has 31 heavy (non-hydrogen) atoms. The molecule has 0 spiro atoms. The molecule has 1 aromatic heterocycles. The number of aryl methyl sites for hydroxylation is 2. The van der Waals surface area contributed by atoms with E-state index in [1.807, 2.05) is 33.0 Å². The van der Waals surface area contributed by atoms with Gasteiger partial charge in [0.25, 0.3) is 0 Å². The molecule has 3 rings (SSSR count). The van der Waals surface area contributed by atoms with Crippen LogP contribution in [0.5, 0.6) is 5.75 Å². The van der Waals surface area contributed by atoms with E-state index >= 15 is 0 Å². The normalized spacial score (nSPS) is 10.7. The van der Waals surface area contributed by atoms with Crippen LogP contribution in [0, 0.1) is 13.8 Å². The Labute approximate surface area is 190 Å². The Morgan fingerprint density at radius 2 is 1.77 bits per heavy atom. The minimum atomic E-state index is -0.173. The molecule has 0 fully saturated rings. The van der Waals surface area contributed by atoms with Crippen LogP contribution in [0.3, 0.4) is 0 Å². The van der Waals surface area contributed by atoms with E-state index in [9.17, 15) is 9.59 Å². The minimum Gasteiger partial charge on any atom is -0.486 e. The maximum atomic E-state index is 12.2. The number of hydrogen-bond donors (Lipinski definition) is 1. The van der Waals surface area contributed by atoms with Crippen LogP contribution in [0.4, 0.5) is 5.69 Å². The van der Waals surface area contributed by atoms with Crippen molar-refractivity contribution < 1.29 is 14.3 Å². The van der Waals surface area contributed by atoms with E-state index in [-0.39, 0.29) is 24.1 Å². The zero-order chi connectivity index (χ0) is 22.5. The number of thioether (sulfide) groups is 1. The van der Waals surface area contributed by atoms with Gasteiger partial charge in [-0.3, -0.25) is 9.59 Å². The second-order valence-electron chi connectivity index (χ2n) is 7.09. The van der Waals surface area contributed by atoms with Gasteiger partial charge in [0.1, 0.15) is 12.4 Å². The van der Waals surface area contributed by atoms with E-state index in [0.717, 1.165) is 16.1 Å². The lowest BCUT2D eigenvalue weighted by atomic mass is 10.1. The second kappa shape index (κ2) is 9.98. The highest BCUT2D eigenvalue weighted by Gasteiger charge is 2.13. The largest absolute Gasteiger partial charge is 0.486 e. The molecule has 7 nitrogen and oxygen atoms in total. The van der Waals surface area contributed by atoms with Gasteiger partial charge in [-0.25, -0.2) is 0 Å². The number of rotatable bonds is 8. The van der Waals surface area contributed by atoms with Crippen LogP contribution in [0.2, 0.25) is 5.02 Å². The lowest BCUT2D eigenvalue weighted by molar-refractivity contribution is -0.113. The number of ketones is 1. The summed E-state index contributed by atoms with van der Waals surface area (Å²) < 4.78 is 7.64. The van der Waals surface area contributed by atoms with E-state index in [2.05, 4.69) is 15.5 Å². The van der Waals surface area contributed by atoms with Crippen molar-refractivity contribution in [3.63, 3.8) is 0 Å². The van der Waals surface area contributed by atoms with Crippen molar-refractivity contribution in [2.75, 3.05) is 11.1 Å². The summed E-state index contributed by atoms with van der Waals surface area (Å²) >= 11 is 7.48. The molecular formula is C22H23ClN4O3S. The van der Waals surface area contributed by atoms with Crippen molar-refractivity contribution in [1.82, 2.24) is 14.8 Å². The minimum absolute atomic E-state index is 0.0168. The van der Waals surface area contributed by atoms with Crippen molar-refractivity contribution in [1.29, 1.82) is 0 Å². The van der Waals surface area contributed by atoms with Crippen molar-refractivity contribution in [2.45, 2.75) is 32.5 Å². The number of carbonyl (C=O) groups excluding carboxylic acids is 2. The first-order valence-electron chi connectivity index (χ1n) is 9.56. The van der Waals surface area contributed by atoms with Gasteiger partial charge in [0.05, 0.1) is 5.75 Å². The summed E-state index contributed by atoms with van der Waals surface area (Å²) in [7, 11) is 1.83. The van der Waals surface area contributed by atoms with Gasteiger partial charge in [0, 0.05) is 23.3 Å². The van der Waals surface area contributed by atoms with Crippen LogP contribution >= 0.6 is 23.4 Å². The summed E-state index contributed by atoms with van der Waals surface area (Å²) in [6.07, 6.45) is 0. The molecule has 0 aliphatic rings. The van der Waals surface area contributed by atoms with Gasteiger partial charge in [-0.05, 0) is 68.3 Å². The fourth-order valence-corrected chi connectivity index (χ4v) is 3.69. The van der Waals surface area contributed by atoms with Crippen LogP contribution in [-0.4, -0.2) is 32.2 Å². The fourth-order valence-electron chi connectivity index (χ4n) is 2.85. The molecule has 1 heterocycles. The van der Waals surface area contributed by atoms with E-state index in [1.54, 1.807) is 28.8 Å². The van der Waals surface area contributed by atoms with Gasteiger partial charge in [-0.15, -0.1) is 10.2 Å². The number of benzene rings is 2. The molecule has 1 N–H and O–H groups in total. The molecule has 0 bridgehead atoms. The monoisotopic (exact) mass is 458 g/mol. The predicted octanol–water partition coefficient (Wildman–Crippen LogP) is 4.60. The van der Waals surface area contributed by atoms with Gasteiger partial charge < -0.3 is 14.6 Å². The first-order chi connectivity index (χ1) is 14.7. The zero-order valence-electron chi connectivity index (χ0n) is 17.7. The standard InChI is InChI=1S/C22H23ClN4O3S/c1-13-9-18(10-14(2)21(13)23)30-11-19-25-26-22(27(19)4)31-12-20(29)24-17-7-5-16(6-8-17)15(3)28/h5-10H,11-12H2,1-4H3,(H,24,29). The summed E-state index contributed by atoms with van der Waals surface area (Å²) in [5, 5.41) is 12.5. The lowest BCUT2D eigenvalue weighted by Crippen LogP contribution is -2.14. The number of amides is 1. The Morgan fingerprint density at radius 3 is 2.39 bits per heavy atom. The average molecular weight is 459 g/mol. The van der Waals surface area contributed by atoms with Crippen LogP contribution in [0.25, 0.3) is 0 Å². The SMILES string of the molecule is CC(=O)c1ccc(NC(=O)CSc2nnc(COc3cc(C)c(Cl)c(C)c3)n2C)cc1. The number of aromatic nitrogens is 3. The number of nitrogens with zero attached hydrogens (tertiary/aromatic N) is 3. The van der Waals surface area contributed by atoms with Crippen LogP contribution < -0.4 is 10.1 Å². The Kier molecular flexibility index (Phi) is 7.35. The Morgan fingerprint density at radius 1 is 1.13 bits per heavy atom. The molecular weight excluding hydrogens is 436 g/mol. The number of hydrogen-bond acceptors (Lipinski definition) is 6. The third kappa shape index (κ3) is 5.86. The van der Waals surface area contributed by atoms with Gasteiger partial charge in [-0.2, -0.15) is 0 Å². The molecule has 9 heteroatoms. The number of Topliss-reactive ketones (excluding diaryl/α,β-unsaturated/α-hetero) is 1. The van der Waals surface area contributed by atoms with Crippen molar-refractivity contribution >= 4 is 40.7 Å². The fraction of sp³-hybridized carbons (Fsp3) is 0.273. The maximum absolute atomic E-state index is 12.2. The quantitative estimate of drug-likeness (QED) is 0.392. The lowest BCUT2D eigenvalue weighted by Gasteiger charge is -2.10. The summed E-state index contributed by atoms with van der Waals surface area (Å²) in [5.41, 5.74) is 3.14. The molecule has 0 radical (unpaired) electrons. The number of ether oxygens (including phenoxy) is 1. The van der Waals surface area contributed by atoms with Crippen LogP contribution in [-0.2, 0) is 18.4 Å². The Bertz CT molecular complexity index is 1090. The molecule has 1 amide bonds. The van der Waals surface area contributed by atoms with Crippen molar-refractivity contribution in [3.05, 3.63) is 63.9 Å². The number of nitrogens with one attached hydrogen (secondary N) is 1. The molecule has 0 unspecified atom stereocenters. The molecule has 0 aliphatic carbocycles. The number of halogens is 1. The highest BCUT2D eigenvalue weighted by molar-refractivity contribution is 7.99. The van der Waals surface area contributed by atoms with Gasteiger partial charge in [0.15, 0.2) is 16.8 Å².